The van der Waals surface area contributed by atoms with E-state index < -0.39 is 11.7 Å². The van der Waals surface area contributed by atoms with E-state index in [-0.39, 0.29) is 48.2 Å². The number of imidazole rings is 1. The van der Waals surface area contributed by atoms with Crippen molar-refractivity contribution in [1.82, 2.24) is 24.8 Å². The Morgan fingerprint density at radius 3 is 2.54 bits per heavy atom. The summed E-state index contributed by atoms with van der Waals surface area (Å²) >= 11 is 0. The first-order chi connectivity index (χ1) is 19.8. The molecule has 4 aromatic rings. The Balaban J connectivity index is 1.21. The zero-order chi connectivity index (χ0) is 28.7. The van der Waals surface area contributed by atoms with Gasteiger partial charge in [0.25, 0.3) is 17.4 Å². The van der Waals surface area contributed by atoms with Crippen molar-refractivity contribution in [2.24, 2.45) is 0 Å². The zero-order valence-corrected chi connectivity index (χ0v) is 22.3. The molecule has 0 bridgehead atoms. The van der Waals surface area contributed by atoms with Crippen LogP contribution in [0.1, 0.15) is 33.6 Å². The number of carbonyl (C=O) groups is 2. The fraction of sp³-hybridized carbons (Fsp3) is 0.310. The monoisotopic (exact) mass is 560 g/mol. The van der Waals surface area contributed by atoms with Crippen LogP contribution in [0.5, 0.6) is 5.75 Å². The first kappa shape index (κ1) is 26.7. The van der Waals surface area contributed by atoms with Gasteiger partial charge in [-0.2, -0.15) is 0 Å². The van der Waals surface area contributed by atoms with Gasteiger partial charge < -0.3 is 30.0 Å². The lowest BCUT2D eigenvalue weighted by molar-refractivity contribution is 0.0516. The number of aliphatic hydroxyl groups excluding tert-OH is 1. The molecule has 1 fully saturated rings. The number of aliphatic hydroxyl groups is 1. The number of rotatable bonds is 8. The van der Waals surface area contributed by atoms with Crippen molar-refractivity contribution in [3.05, 3.63) is 76.0 Å². The number of piperidine rings is 1. The zero-order valence-electron chi connectivity index (χ0n) is 22.3. The van der Waals surface area contributed by atoms with Gasteiger partial charge in [0.15, 0.2) is 0 Å². The molecule has 2 aliphatic rings. The number of H-pyrrole nitrogens is 2. The summed E-state index contributed by atoms with van der Waals surface area (Å²) < 4.78 is 18.6. The van der Waals surface area contributed by atoms with E-state index in [0.29, 0.717) is 33.6 Å². The number of aromatic nitrogens is 3. The number of aromatic amines is 2. The van der Waals surface area contributed by atoms with Crippen LogP contribution in [0.4, 0.5) is 10.1 Å². The van der Waals surface area contributed by atoms with E-state index >= 15 is 0 Å². The van der Waals surface area contributed by atoms with Gasteiger partial charge in [0.05, 0.1) is 27.8 Å². The number of hydrogen-bond donors (Lipinski definition) is 4. The average molecular weight is 561 g/mol. The number of benzene rings is 2. The maximum Gasteiger partial charge on any atom is 0.261 e. The van der Waals surface area contributed by atoms with Crippen LogP contribution in [0.3, 0.4) is 0 Å². The van der Waals surface area contributed by atoms with E-state index in [1.807, 2.05) is 7.05 Å². The molecule has 1 atom stereocenters. The highest BCUT2D eigenvalue weighted by Gasteiger charge is 2.41. The van der Waals surface area contributed by atoms with Gasteiger partial charge in [-0.25, -0.2) is 9.37 Å². The van der Waals surface area contributed by atoms with E-state index in [1.165, 1.54) is 35.4 Å². The van der Waals surface area contributed by atoms with Gasteiger partial charge in [-0.15, -0.1) is 0 Å². The normalized spacial score (nSPS) is 16.8. The van der Waals surface area contributed by atoms with E-state index in [9.17, 15) is 23.9 Å². The summed E-state index contributed by atoms with van der Waals surface area (Å²) in [7, 11) is 2.02. The predicted molar refractivity (Wildman–Crippen MR) is 150 cm³/mol. The third-order valence-corrected chi connectivity index (χ3v) is 7.55. The molecule has 0 spiro atoms. The molecule has 2 aromatic heterocycles. The number of nitrogens with zero attached hydrogens (tertiary/aromatic N) is 3. The molecule has 0 aliphatic carbocycles. The summed E-state index contributed by atoms with van der Waals surface area (Å²) in [6.07, 6.45) is 2.01. The van der Waals surface area contributed by atoms with Gasteiger partial charge in [-0.05, 0) is 75.4 Å². The van der Waals surface area contributed by atoms with Crippen LogP contribution in [-0.2, 0) is 0 Å². The number of halogens is 1. The van der Waals surface area contributed by atoms with E-state index in [1.54, 1.807) is 18.2 Å². The standard InChI is InChI=1S/C29H29FN6O5/c1-35-10-7-17(8-11-35)36-28(39)20-12-23-24(13-21(20)29(36)40)34-26(33-23)25-22(6-9-31-27(25)38)32-14-18(37)15-41-19-4-2-16(30)3-5-19/h2-6,9,12-13,17-18,37H,7-8,10-11,14-15H2,1H3,(H,33,34)(H2,31,32,38)/t18-/m0/s1. The molecule has 0 radical (unpaired) electrons. The van der Waals surface area contributed by atoms with E-state index in [4.69, 9.17) is 4.74 Å². The SMILES string of the molecule is CN1CCC(N2C(=O)c3cc4nc(-c5c(NC[C@H](O)COc6ccc(F)cc6)cc[nH]c5=O)[nH]c4cc3C2=O)CC1. The molecule has 2 aliphatic heterocycles. The first-order valence-electron chi connectivity index (χ1n) is 13.4. The van der Waals surface area contributed by atoms with Crippen molar-refractivity contribution >= 4 is 28.5 Å². The molecular formula is C29H29FN6O5. The molecule has 6 rings (SSSR count). The van der Waals surface area contributed by atoms with E-state index in [2.05, 4.69) is 25.2 Å². The Hall–Kier alpha value is -4.55. The fourth-order valence-electron chi connectivity index (χ4n) is 5.34. The maximum absolute atomic E-state index is 13.3. The summed E-state index contributed by atoms with van der Waals surface area (Å²) in [5, 5.41) is 13.5. The third-order valence-electron chi connectivity index (χ3n) is 7.55. The van der Waals surface area contributed by atoms with Gasteiger partial charge >= 0.3 is 0 Å². The minimum atomic E-state index is -0.935. The summed E-state index contributed by atoms with van der Waals surface area (Å²) in [5.74, 6) is -0.346. The molecule has 212 valence electrons. The van der Waals surface area contributed by atoms with Crippen molar-refractivity contribution in [3.8, 4) is 17.1 Å². The smallest absolute Gasteiger partial charge is 0.261 e. The van der Waals surface area contributed by atoms with Crippen LogP contribution in [0.2, 0.25) is 0 Å². The highest BCUT2D eigenvalue weighted by atomic mass is 19.1. The Kier molecular flexibility index (Phi) is 7.01. The first-order valence-corrected chi connectivity index (χ1v) is 13.4. The number of likely N-dealkylation sites (tertiary alicyclic amines) is 1. The number of fused-ring (bicyclic) bond motifs is 2. The Bertz CT molecular complexity index is 1620. The second-order valence-corrected chi connectivity index (χ2v) is 10.4. The van der Waals surface area contributed by atoms with E-state index in [0.717, 1.165) is 25.9 Å². The van der Waals surface area contributed by atoms with Gasteiger partial charge in [-0.3, -0.25) is 19.3 Å². The third kappa shape index (κ3) is 5.19. The molecule has 41 heavy (non-hydrogen) atoms. The highest BCUT2D eigenvalue weighted by molar-refractivity contribution is 6.23. The van der Waals surface area contributed by atoms with Gasteiger partial charge in [0, 0.05) is 18.8 Å². The molecule has 4 heterocycles. The number of pyridine rings is 1. The summed E-state index contributed by atoms with van der Waals surface area (Å²) in [5.41, 5.74) is 1.81. The lowest BCUT2D eigenvalue weighted by atomic mass is 10.0. The summed E-state index contributed by atoms with van der Waals surface area (Å²) in [4.78, 5) is 53.3. The van der Waals surface area contributed by atoms with Gasteiger partial charge in [0.1, 0.15) is 35.7 Å². The van der Waals surface area contributed by atoms with Gasteiger partial charge in [-0.1, -0.05) is 0 Å². The van der Waals surface area contributed by atoms with Crippen molar-refractivity contribution in [1.29, 1.82) is 0 Å². The molecule has 2 aromatic carbocycles. The van der Waals surface area contributed by atoms with Crippen molar-refractivity contribution in [2.45, 2.75) is 25.0 Å². The van der Waals surface area contributed by atoms with Crippen LogP contribution in [0.15, 0.2) is 53.5 Å². The number of imide groups is 1. The molecule has 12 heteroatoms. The van der Waals surface area contributed by atoms with Crippen LogP contribution in [0, 0.1) is 5.82 Å². The number of nitrogens with one attached hydrogen (secondary N) is 3. The second-order valence-electron chi connectivity index (χ2n) is 10.4. The van der Waals surface area contributed by atoms with Crippen LogP contribution in [0.25, 0.3) is 22.4 Å². The molecular weight excluding hydrogens is 531 g/mol. The Morgan fingerprint density at radius 2 is 1.80 bits per heavy atom. The predicted octanol–water partition coefficient (Wildman–Crippen LogP) is 2.60. The molecule has 4 N–H and O–H groups in total. The molecule has 11 nitrogen and oxygen atoms in total. The highest BCUT2D eigenvalue weighted by Crippen LogP contribution is 2.32. The second kappa shape index (κ2) is 10.8. The molecule has 1 saturated heterocycles. The topological polar surface area (TPSA) is 144 Å². The lowest BCUT2D eigenvalue weighted by Crippen LogP contribution is -2.46. The summed E-state index contributed by atoms with van der Waals surface area (Å²) in [6.45, 7) is 1.65. The van der Waals surface area contributed by atoms with Crippen LogP contribution >= 0.6 is 0 Å². The van der Waals surface area contributed by atoms with Gasteiger partial charge in [0.2, 0.25) is 0 Å². The molecule has 0 unspecified atom stereocenters. The van der Waals surface area contributed by atoms with Crippen LogP contribution in [-0.4, -0.2) is 87.1 Å². The van der Waals surface area contributed by atoms with Crippen molar-refractivity contribution < 1.29 is 23.8 Å². The Labute approximate surface area is 234 Å². The van der Waals surface area contributed by atoms with Crippen molar-refractivity contribution in [3.63, 3.8) is 0 Å². The quantitative estimate of drug-likeness (QED) is 0.241. The number of hydrogen-bond acceptors (Lipinski definition) is 8. The average Bonchev–Trinajstić information content (AvgIpc) is 3.48. The fourth-order valence-corrected chi connectivity index (χ4v) is 5.34. The molecule has 0 saturated carbocycles. The largest absolute Gasteiger partial charge is 0.491 e. The number of carbonyl (C=O) groups excluding carboxylic acids is 2. The number of amides is 2. The summed E-state index contributed by atoms with van der Waals surface area (Å²) in [6, 6.07) is 10.2. The van der Waals surface area contributed by atoms with Crippen molar-refractivity contribution in [2.75, 3.05) is 38.6 Å². The Morgan fingerprint density at radius 1 is 1.10 bits per heavy atom. The van der Waals surface area contributed by atoms with Crippen LogP contribution < -0.4 is 15.6 Å². The molecule has 2 amide bonds. The number of ether oxygens (including phenoxy) is 1. The minimum Gasteiger partial charge on any atom is -0.491 e. The maximum atomic E-state index is 13.3. The minimum absolute atomic E-state index is 0.0516. The lowest BCUT2D eigenvalue weighted by Gasteiger charge is -2.33. The number of anilines is 1.